The zero-order valence-corrected chi connectivity index (χ0v) is 13.8. The molecule has 0 saturated heterocycles. The largest absolute Gasteiger partial charge is 0.481 e. The summed E-state index contributed by atoms with van der Waals surface area (Å²) in [6.07, 6.45) is 6.03. The SMILES string of the molecule is O=C(N[C@H]1[C@@H]2CCCCCC[C@@H]2[C@@H]1C(=O)O)OCc1ccccc1. The molecule has 130 valence electrons. The van der Waals surface area contributed by atoms with Gasteiger partial charge >= 0.3 is 12.1 Å². The third-order valence-corrected chi connectivity index (χ3v) is 5.47. The van der Waals surface area contributed by atoms with E-state index in [0.29, 0.717) is 0 Å². The number of aliphatic carboxylic acids is 1. The molecule has 3 rings (SSSR count). The summed E-state index contributed by atoms with van der Waals surface area (Å²) >= 11 is 0. The Hall–Kier alpha value is -2.04. The highest BCUT2D eigenvalue weighted by Gasteiger charge is 2.54. The standard InChI is InChI=1S/C19H25NO4/c21-18(22)16-14-10-6-1-2-7-11-15(14)17(16)20-19(23)24-12-13-8-4-3-5-9-13/h3-5,8-9,14-17H,1-2,6-7,10-12H2,(H,20,23)(H,21,22)/t14-,15+,16-,17-/m0/s1. The van der Waals surface area contributed by atoms with Crippen LogP contribution in [0.25, 0.3) is 0 Å². The molecule has 0 heterocycles. The molecule has 0 unspecified atom stereocenters. The van der Waals surface area contributed by atoms with Crippen molar-refractivity contribution < 1.29 is 19.4 Å². The predicted molar refractivity (Wildman–Crippen MR) is 89.4 cm³/mol. The summed E-state index contributed by atoms with van der Waals surface area (Å²) in [5.41, 5.74) is 0.917. The van der Waals surface area contributed by atoms with E-state index in [2.05, 4.69) is 5.32 Å². The summed E-state index contributed by atoms with van der Waals surface area (Å²) in [6, 6.07) is 9.17. The van der Waals surface area contributed by atoms with E-state index in [9.17, 15) is 14.7 Å². The molecule has 0 spiro atoms. The van der Waals surface area contributed by atoms with Crippen LogP contribution in [0, 0.1) is 17.8 Å². The van der Waals surface area contributed by atoms with Crippen LogP contribution in [0.4, 0.5) is 4.79 Å². The summed E-state index contributed by atoms with van der Waals surface area (Å²) in [5, 5.41) is 12.4. The zero-order chi connectivity index (χ0) is 16.9. The fourth-order valence-electron chi connectivity index (χ4n) is 4.26. The van der Waals surface area contributed by atoms with E-state index < -0.39 is 18.0 Å². The van der Waals surface area contributed by atoms with Gasteiger partial charge in [0.25, 0.3) is 0 Å². The molecule has 5 heteroatoms. The number of amides is 1. The Kier molecular flexibility index (Phi) is 5.38. The number of hydrogen-bond acceptors (Lipinski definition) is 3. The summed E-state index contributed by atoms with van der Waals surface area (Å²) in [7, 11) is 0. The average molecular weight is 331 g/mol. The van der Waals surface area contributed by atoms with Crippen LogP contribution in [0.1, 0.15) is 44.1 Å². The first kappa shape index (κ1) is 16.8. The summed E-state index contributed by atoms with van der Waals surface area (Å²) in [6.45, 7) is 0.200. The maximum Gasteiger partial charge on any atom is 0.407 e. The highest BCUT2D eigenvalue weighted by atomic mass is 16.5. The van der Waals surface area contributed by atoms with E-state index in [-0.39, 0.29) is 24.5 Å². The number of hydrogen-bond donors (Lipinski definition) is 2. The average Bonchev–Trinajstić information content (AvgIpc) is 2.55. The van der Waals surface area contributed by atoms with Crippen molar-refractivity contribution in [3.8, 4) is 0 Å². The van der Waals surface area contributed by atoms with Crippen molar-refractivity contribution in [2.45, 2.75) is 51.2 Å². The molecule has 2 fully saturated rings. The number of carbonyl (C=O) groups excluding carboxylic acids is 1. The van der Waals surface area contributed by atoms with Gasteiger partial charge in [-0.15, -0.1) is 0 Å². The number of rotatable bonds is 4. The Bertz CT molecular complexity index is 574. The van der Waals surface area contributed by atoms with Gasteiger partial charge in [-0.2, -0.15) is 0 Å². The number of carboxylic acid groups (broad SMARTS) is 1. The van der Waals surface area contributed by atoms with Gasteiger partial charge in [0, 0.05) is 6.04 Å². The summed E-state index contributed by atoms with van der Waals surface area (Å²) in [5.74, 6) is -0.805. The normalized spacial score (nSPS) is 29.3. The molecule has 4 atom stereocenters. The summed E-state index contributed by atoms with van der Waals surface area (Å²) < 4.78 is 5.26. The molecule has 2 aliphatic rings. The lowest BCUT2D eigenvalue weighted by molar-refractivity contribution is -0.155. The number of carboxylic acids is 1. The lowest BCUT2D eigenvalue weighted by Gasteiger charge is -2.51. The van der Waals surface area contributed by atoms with Crippen LogP contribution in [-0.2, 0) is 16.1 Å². The van der Waals surface area contributed by atoms with Gasteiger partial charge in [-0.05, 0) is 30.2 Å². The number of benzene rings is 1. The van der Waals surface area contributed by atoms with Crippen molar-refractivity contribution in [2.75, 3.05) is 0 Å². The first-order chi connectivity index (χ1) is 11.7. The Labute approximate surface area is 142 Å². The fraction of sp³-hybridized carbons (Fsp3) is 0.579. The molecule has 0 aliphatic heterocycles. The van der Waals surface area contributed by atoms with Crippen molar-refractivity contribution >= 4 is 12.1 Å². The molecule has 0 radical (unpaired) electrons. The van der Waals surface area contributed by atoms with Gasteiger partial charge in [-0.1, -0.05) is 56.0 Å². The van der Waals surface area contributed by atoms with E-state index in [1.807, 2.05) is 30.3 Å². The Morgan fingerprint density at radius 3 is 2.38 bits per heavy atom. The van der Waals surface area contributed by atoms with Crippen LogP contribution in [0.2, 0.25) is 0 Å². The molecule has 2 N–H and O–H groups in total. The highest BCUT2D eigenvalue weighted by molar-refractivity contribution is 5.75. The topological polar surface area (TPSA) is 75.6 Å². The molecule has 0 aromatic heterocycles. The number of alkyl carbamates (subject to hydrolysis) is 1. The van der Waals surface area contributed by atoms with Crippen molar-refractivity contribution in [3.63, 3.8) is 0 Å². The maximum atomic E-state index is 12.1. The van der Waals surface area contributed by atoms with Gasteiger partial charge in [-0.25, -0.2) is 4.79 Å². The number of ether oxygens (including phenoxy) is 1. The smallest absolute Gasteiger partial charge is 0.407 e. The van der Waals surface area contributed by atoms with Crippen LogP contribution in [0.3, 0.4) is 0 Å². The highest BCUT2D eigenvalue weighted by Crippen LogP contribution is 2.47. The van der Waals surface area contributed by atoms with Crippen molar-refractivity contribution in [3.05, 3.63) is 35.9 Å². The Balaban J connectivity index is 1.57. The van der Waals surface area contributed by atoms with Crippen LogP contribution in [-0.4, -0.2) is 23.2 Å². The van der Waals surface area contributed by atoms with Gasteiger partial charge < -0.3 is 15.2 Å². The quantitative estimate of drug-likeness (QED) is 0.884. The Morgan fingerprint density at radius 1 is 1.04 bits per heavy atom. The molecular weight excluding hydrogens is 306 g/mol. The summed E-state index contributed by atoms with van der Waals surface area (Å²) in [4.78, 5) is 23.7. The van der Waals surface area contributed by atoms with Gasteiger partial charge in [-0.3, -0.25) is 4.79 Å². The molecule has 2 saturated carbocycles. The first-order valence-corrected chi connectivity index (χ1v) is 8.87. The van der Waals surface area contributed by atoms with Crippen LogP contribution in [0.15, 0.2) is 30.3 Å². The zero-order valence-electron chi connectivity index (χ0n) is 13.8. The predicted octanol–water partition coefficient (Wildman–Crippen LogP) is 3.58. The third kappa shape index (κ3) is 3.71. The second kappa shape index (κ2) is 7.69. The molecule has 5 nitrogen and oxygen atoms in total. The van der Waals surface area contributed by atoms with E-state index in [4.69, 9.17) is 4.74 Å². The second-order valence-electron chi connectivity index (χ2n) is 6.92. The number of carbonyl (C=O) groups is 2. The van der Waals surface area contributed by atoms with Crippen molar-refractivity contribution in [1.82, 2.24) is 5.32 Å². The van der Waals surface area contributed by atoms with Crippen LogP contribution < -0.4 is 5.32 Å². The van der Waals surface area contributed by atoms with Gasteiger partial charge in [0.15, 0.2) is 0 Å². The van der Waals surface area contributed by atoms with Gasteiger partial charge in [0.1, 0.15) is 6.61 Å². The minimum Gasteiger partial charge on any atom is -0.481 e. The van der Waals surface area contributed by atoms with E-state index >= 15 is 0 Å². The van der Waals surface area contributed by atoms with Crippen LogP contribution in [0.5, 0.6) is 0 Å². The molecule has 1 aromatic rings. The first-order valence-electron chi connectivity index (χ1n) is 8.87. The lowest BCUT2D eigenvalue weighted by atomic mass is 9.56. The second-order valence-corrected chi connectivity index (χ2v) is 6.92. The monoisotopic (exact) mass is 331 g/mol. The molecular formula is C19H25NO4. The fourth-order valence-corrected chi connectivity index (χ4v) is 4.26. The molecule has 0 bridgehead atoms. The molecule has 24 heavy (non-hydrogen) atoms. The minimum atomic E-state index is -0.801. The minimum absolute atomic E-state index is 0.197. The molecule has 2 aliphatic carbocycles. The maximum absolute atomic E-state index is 12.1. The van der Waals surface area contributed by atoms with Gasteiger partial charge in [0.2, 0.25) is 0 Å². The molecule has 1 aromatic carbocycles. The van der Waals surface area contributed by atoms with Crippen molar-refractivity contribution in [1.29, 1.82) is 0 Å². The number of nitrogens with one attached hydrogen (secondary N) is 1. The Morgan fingerprint density at radius 2 is 1.71 bits per heavy atom. The number of fused-ring (bicyclic) bond motifs is 1. The van der Waals surface area contributed by atoms with Crippen LogP contribution >= 0.6 is 0 Å². The third-order valence-electron chi connectivity index (χ3n) is 5.47. The molecule has 1 amide bonds. The van der Waals surface area contributed by atoms with E-state index in [1.54, 1.807) is 0 Å². The van der Waals surface area contributed by atoms with Gasteiger partial charge in [0.05, 0.1) is 5.92 Å². The van der Waals surface area contributed by atoms with Crippen molar-refractivity contribution in [2.24, 2.45) is 17.8 Å². The van der Waals surface area contributed by atoms with E-state index in [1.165, 1.54) is 12.8 Å². The lowest BCUT2D eigenvalue weighted by Crippen LogP contribution is -2.62. The van der Waals surface area contributed by atoms with E-state index in [0.717, 1.165) is 31.2 Å².